The molecule has 1 aliphatic heterocycles. The largest absolute Gasteiger partial charge is 0.380 e. The fourth-order valence-electron chi connectivity index (χ4n) is 2.27. The highest BCUT2D eigenvalue weighted by molar-refractivity contribution is 5.83. The number of ketones is 1. The highest BCUT2D eigenvalue weighted by atomic mass is 19.1. The first-order valence-corrected chi connectivity index (χ1v) is 5.80. The van der Waals surface area contributed by atoms with Crippen LogP contribution < -0.4 is 5.73 Å². The van der Waals surface area contributed by atoms with Gasteiger partial charge in [0.1, 0.15) is 18.3 Å². The van der Waals surface area contributed by atoms with Crippen LogP contribution in [0.3, 0.4) is 0 Å². The maximum absolute atomic E-state index is 13.8. The van der Waals surface area contributed by atoms with Gasteiger partial charge >= 0.3 is 0 Å². The lowest BCUT2D eigenvalue weighted by Crippen LogP contribution is -2.53. The molecule has 2 rings (SSSR count). The highest BCUT2D eigenvalue weighted by Crippen LogP contribution is 2.33. The molecule has 0 radical (unpaired) electrons. The molecule has 0 spiro atoms. The van der Waals surface area contributed by atoms with Gasteiger partial charge in [0.05, 0.1) is 24.7 Å². The Morgan fingerprint density at radius 1 is 1.44 bits per heavy atom. The minimum Gasteiger partial charge on any atom is -0.380 e. The summed E-state index contributed by atoms with van der Waals surface area (Å²) in [5.74, 6) is -1.62. The van der Waals surface area contributed by atoms with E-state index in [2.05, 4.69) is 0 Å². The number of benzene rings is 1. The molecular weight excluding hydrogens is 240 g/mol. The van der Waals surface area contributed by atoms with Crippen molar-refractivity contribution in [1.29, 1.82) is 0 Å². The van der Waals surface area contributed by atoms with Crippen LogP contribution >= 0.6 is 0 Å². The quantitative estimate of drug-likeness (QED) is 0.891. The molecule has 0 aromatic heterocycles. The summed E-state index contributed by atoms with van der Waals surface area (Å²) in [6.45, 7) is -0.656. The van der Waals surface area contributed by atoms with E-state index in [0.717, 1.165) is 0 Å². The minimum atomic E-state index is -1.65. The first-order chi connectivity index (χ1) is 8.59. The third kappa shape index (κ3) is 2.15. The van der Waals surface area contributed by atoms with Crippen LogP contribution in [0.4, 0.5) is 8.78 Å². The van der Waals surface area contributed by atoms with Crippen LogP contribution in [0.1, 0.15) is 12.0 Å². The summed E-state index contributed by atoms with van der Waals surface area (Å²) in [6.07, 6.45) is 0.193. The van der Waals surface area contributed by atoms with E-state index in [9.17, 15) is 13.6 Å². The summed E-state index contributed by atoms with van der Waals surface area (Å²) in [6, 6.07) is 5.69. The van der Waals surface area contributed by atoms with Crippen molar-refractivity contribution in [3.8, 4) is 0 Å². The molecule has 0 unspecified atom stereocenters. The topological polar surface area (TPSA) is 52.3 Å². The zero-order valence-corrected chi connectivity index (χ0v) is 9.86. The molecule has 0 amide bonds. The Kier molecular flexibility index (Phi) is 3.73. The van der Waals surface area contributed by atoms with Crippen molar-refractivity contribution in [3.05, 3.63) is 35.6 Å². The standard InChI is InChI=1S/C13H15F2NO2/c14-8-13(16,9-3-1-2-4-11(9)15)10-7-18-6-5-12(10)17/h1-4,10H,5-8,16H2/t10-,13-/m1/s1. The number of ether oxygens (including phenoxy) is 1. The fraction of sp³-hybridized carbons (Fsp3) is 0.462. The second-order valence-corrected chi connectivity index (χ2v) is 4.50. The van der Waals surface area contributed by atoms with Gasteiger partial charge < -0.3 is 10.5 Å². The molecule has 1 aromatic carbocycles. The zero-order chi connectivity index (χ0) is 13.2. The van der Waals surface area contributed by atoms with Crippen molar-refractivity contribution < 1.29 is 18.3 Å². The third-order valence-electron chi connectivity index (χ3n) is 3.38. The molecule has 0 aliphatic carbocycles. The highest BCUT2D eigenvalue weighted by Gasteiger charge is 2.44. The van der Waals surface area contributed by atoms with Gasteiger partial charge in [0.2, 0.25) is 0 Å². The van der Waals surface area contributed by atoms with Crippen molar-refractivity contribution in [2.24, 2.45) is 11.7 Å². The molecule has 98 valence electrons. The van der Waals surface area contributed by atoms with E-state index in [4.69, 9.17) is 10.5 Å². The zero-order valence-electron chi connectivity index (χ0n) is 9.86. The van der Waals surface area contributed by atoms with Crippen molar-refractivity contribution >= 4 is 5.78 Å². The van der Waals surface area contributed by atoms with Gasteiger partial charge in [0.15, 0.2) is 0 Å². The van der Waals surface area contributed by atoms with Crippen LogP contribution in [0.15, 0.2) is 24.3 Å². The van der Waals surface area contributed by atoms with E-state index >= 15 is 0 Å². The first kappa shape index (κ1) is 13.1. The summed E-state index contributed by atoms with van der Waals surface area (Å²) in [7, 11) is 0. The van der Waals surface area contributed by atoms with Crippen LogP contribution in [0, 0.1) is 11.7 Å². The molecule has 1 fully saturated rings. The van der Waals surface area contributed by atoms with Gasteiger partial charge in [-0.05, 0) is 6.07 Å². The van der Waals surface area contributed by atoms with Gasteiger partial charge in [-0.15, -0.1) is 0 Å². The number of alkyl halides is 1. The monoisotopic (exact) mass is 255 g/mol. The molecule has 18 heavy (non-hydrogen) atoms. The Morgan fingerprint density at radius 3 is 2.78 bits per heavy atom. The van der Waals surface area contributed by atoms with Crippen molar-refractivity contribution in [2.75, 3.05) is 19.9 Å². The average Bonchev–Trinajstić information content (AvgIpc) is 2.39. The number of halogens is 2. The second kappa shape index (κ2) is 5.12. The molecule has 1 saturated heterocycles. The Morgan fingerprint density at radius 2 is 2.17 bits per heavy atom. The maximum Gasteiger partial charge on any atom is 0.142 e. The molecule has 1 heterocycles. The molecule has 1 aromatic rings. The lowest BCUT2D eigenvalue weighted by molar-refractivity contribution is -0.134. The molecule has 1 aliphatic rings. The van der Waals surface area contributed by atoms with Gasteiger partial charge in [-0.3, -0.25) is 4.79 Å². The van der Waals surface area contributed by atoms with Gasteiger partial charge in [0.25, 0.3) is 0 Å². The van der Waals surface area contributed by atoms with Crippen molar-refractivity contribution in [2.45, 2.75) is 12.0 Å². The van der Waals surface area contributed by atoms with Crippen LogP contribution in [-0.4, -0.2) is 25.7 Å². The van der Waals surface area contributed by atoms with Gasteiger partial charge in [0, 0.05) is 12.0 Å². The molecule has 3 nitrogen and oxygen atoms in total. The van der Waals surface area contributed by atoms with Crippen LogP contribution in [-0.2, 0) is 15.1 Å². The average molecular weight is 255 g/mol. The molecule has 2 N–H and O–H groups in total. The molecule has 0 bridgehead atoms. The number of Topliss-reactive ketones (excluding diaryl/α,β-unsaturated/α-hetero) is 1. The van der Waals surface area contributed by atoms with Crippen molar-refractivity contribution in [3.63, 3.8) is 0 Å². The third-order valence-corrected chi connectivity index (χ3v) is 3.38. The predicted molar refractivity (Wildman–Crippen MR) is 62.2 cm³/mol. The Bertz CT molecular complexity index is 452. The molecule has 0 saturated carbocycles. The SMILES string of the molecule is N[C@](CF)(c1ccccc1F)[C@@H]1COCCC1=O. The number of hydrogen-bond acceptors (Lipinski definition) is 3. The minimum absolute atomic E-state index is 0.0244. The van der Waals surface area contributed by atoms with E-state index in [1.54, 1.807) is 6.07 Å². The maximum atomic E-state index is 13.8. The number of hydrogen-bond donors (Lipinski definition) is 1. The number of carbonyl (C=O) groups is 1. The van der Waals surface area contributed by atoms with E-state index in [-0.39, 0.29) is 24.4 Å². The van der Waals surface area contributed by atoms with E-state index in [1.165, 1.54) is 18.2 Å². The second-order valence-electron chi connectivity index (χ2n) is 4.50. The van der Waals surface area contributed by atoms with Gasteiger partial charge in [-0.2, -0.15) is 0 Å². The lowest BCUT2D eigenvalue weighted by atomic mass is 9.76. The Hall–Kier alpha value is -1.33. The predicted octanol–water partition coefficient (Wildman–Crippen LogP) is 1.55. The number of carbonyl (C=O) groups excluding carboxylic acids is 1. The first-order valence-electron chi connectivity index (χ1n) is 5.80. The summed E-state index contributed by atoms with van der Waals surface area (Å²) >= 11 is 0. The number of rotatable bonds is 3. The Balaban J connectivity index is 2.41. The summed E-state index contributed by atoms with van der Waals surface area (Å²) in [4.78, 5) is 11.8. The number of nitrogens with two attached hydrogens (primary N) is 1. The van der Waals surface area contributed by atoms with E-state index in [0.29, 0.717) is 6.61 Å². The summed E-state index contributed by atoms with van der Waals surface area (Å²) in [5.41, 5.74) is 4.34. The smallest absolute Gasteiger partial charge is 0.142 e. The normalized spacial score (nSPS) is 23.7. The van der Waals surface area contributed by atoms with Crippen molar-refractivity contribution in [1.82, 2.24) is 0 Å². The van der Waals surface area contributed by atoms with Crippen LogP contribution in [0.5, 0.6) is 0 Å². The summed E-state index contributed by atoms with van der Waals surface area (Å²) < 4.78 is 32.3. The van der Waals surface area contributed by atoms with Gasteiger partial charge in [-0.25, -0.2) is 8.78 Å². The summed E-state index contributed by atoms with van der Waals surface area (Å²) in [5, 5.41) is 0. The fourth-order valence-corrected chi connectivity index (χ4v) is 2.27. The molecule has 5 heteroatoms. The van der Waals surface area contributed by atoms with E-state index in [1.807, 2.05) is 0 Å². The van der Waals surface area contributed by atoms with Crippen LogP contribution in [0.25, 0.3) is 0 Å². The molecular formula is C13H15F2NO2. The molecule has 2 atom stereocenters. The van der Waals surface area contributed by atoms with E-state index < -0.39 is 23.9 Å². The Labute approximate surface area is 104 Å². The van der Waals surface area contributed by atoms with Crippen LogP contribution in [0.2, 0.25) is 0 Å². The lowest BCUT2D eigenvalue weighted by Gasteiger charge is -2.36. The van der Waals surface area contributed by atoms with Gasteiger partial charge in [-0.1, -0.05) is 18.2 Å².